The first-order valence-corrected chi connectivity index (χ1v) is 7.59. The number of rotatable bonds is 4. The van der Waals surface area contributed by atoms with Crippen molar-refractivity contribution in [2.24, 2.45) is 0 Å². The van der Waals surface area contributed by atoms with Gasteiger partial charge in [0.2, 0.25) is 11.7 Å². The second kappa shape index (κ2) is 6.62. The number of hydrogen-bond donors (Lipinski definition) is 1. The van der Waals surface area contributed by atoms with Gasteiger partial charge in [-0.15, -0.1) is 0 Å². The lowest BCUT2D eigenvalue weighted by Crippen LogP contribution is -2.15. The van der Waals surface area contributed by atoms with Crippen molar-refractivity contribution in [1.82, 2.24) is 19.5 Å². The van der Waals surface area contributed by atoms with Crippen LogP contribution in [0.15, 0.2) is 30.6 Å². The van der Waals surface area contributed by atoms with Crippen LogP contribution < -0.4 is 10.1 Å². The summed E-state index contributed by atoms with van der Waals surface area (Å²) < 4.78 is 46.2. The Morgan fingerprint density at radius 1 is 1.27 bits per heavy atom. The number of hydrogen-bond acceptors (Lipinski definition) is 5. The molecule has 0 fully saturated rings. The number of halogens is 3. The third kappa shape index (κ3) is 3.30. The minimum Gasteiger partial charge on any atom is -0.497 e. The molecule has 7 nitrogen and oxygen atoms in total. The molecule has 0 aliphatic rings. The number of imidazole rings is 1. The number of amides is 1. The van der Waals surface area contributed by atoms with E-state index >= 15 is 0 Å². The largest absolute Gasteiger partial charge is 0.497 e. The molecule has 0 radical (unpaired) electrons. The summed E-state index contributed by atoms with van der Waals surface area (Å²) in [6.07, 6.45) is -2.11. The van der Waals surface area contributed by atoms with Gasteiger partial charge in [0.05, 0.1) is 30.5 Å². The molecule has 1 N–H and O–H groups in total. The minimum atomic E-state index is -4.69. The Morgan fingerprint density at radius 2 is 2.04 bits per heavy atom. The zero-order valence-electron chi connectivity index (χ0n) is 13.8. The molecule has 1 aromatic carbocycles. The lowest BCUT2D eigenvalue weighted by atomic mass is 10.3. The van der Waals surface area contributed by atoms with Gasteiger partial charge in [0, 0.05) is 12.5 Å². The van der Waals surface area contributed by atoms with E-state index in [1.54, 1.807) is 6.92 Å². The maximum atomic E-state index is 13.4. The fourth-order valence-electron chi connectivity index (χ4n) is 2.34. The first kappa shape index (κ1) is 17.6. The van der Waals surface area contributed by atoms with Gasteiger partial charge in [-0.3, -0.25) is 9.36 Å². The predicted octanol–water partition coefficient (Wildman–Crippen LogP) is 3.19. The number of methoxy groups -OCH3 is 1. The van der Waals surface area contributed by atoms with E-state index in [0.29, 0.717) is 5.75 Å². The zero-order valence-corrected chi connectivity index (χ0v) is 13.8. The van der Waals surface area contributed by atoms with Gasteiger partial charge in [-0.05, 0) is 12.1 Å². The van der Waals surface area contributed by atoms with Crippen molar-refractivity contribution in [3.05, 3.63) is 36.4 Å². The highest BCUT2D eigenvalue weighted by Gasteiger charge is 2.38. The number of ether oxygens (including phenoxy) is 1. The number of fused-ring (bicyclic) bond motifs is 1. The quantitative estimate of drug-likeness (QED) is 0.768. The van der Waals surface area contributed by atoms with Crippen molar-refractivity contribution in [2.75, 3.05) is 12.4 Å². The molecule has 0 aliphatic carbocycles. The molecule has 2 heterocycles. The molecular formula is C16H14F3N5O2. The van der Waals surface area contributed by atoms with Crippen molar-refractivity contribution in [2.45, 2.75) is 19.5 Å². The highest BCUT2D eigenvalue weighted by atomic mass is 19.4. The number of aromatic nitrogens is 4. The molecule has 10 heteroatoms. The number of carbonyl (C=O) groups excluding carboxylic acids is 1. The van der Waals surface area contributed by atoms with Gasteiger partial charge in [-0.25, -0.2) is 15.0 Å². The molecular weight excluding hydrogens is 351 g/mol. The molecule has 0 bridgehead atoms. The van der Waals surface area contributed by atoms with Crippen LogP contribution in [0.3, 0.4) is 0 Å². The first-order chi connectivity index (χ1) is 12.3. The zero-order chi connectivity index (χ0) is 18.9. The summed E-state index contributed by atoms with van der Waals surface area (Å²) in [5.74, 6) is -0.928. The number of alkyl halides is 3. The van der Waals surface area contributed by atoms with E-state index in [0.717, 1.165) is 10.8 Å². The van der Waals surface area contributed by atoms with Gasteiger partial charge in [0.15, 0.2) is 11.6 Å². The van der Waals surface area contributed by atoms with E-state index < -0.39 is 12.0 Å². The van der Waals surface area contributed by atoms with Crippen molar-refractivity contribution < 1.29 is 22.7 Å². The van der Waals surface area contributed by atoms with Gasteiger partial charge >= 0.3 is 6.18 Å². The predicted molar refractivity (Wildman–Crippen MR) is 87.1 cm³/mol. The average Bonchev–Trinajstić information content (AvgIpc) is 3.01. The van der Waals surface area contributed by atoms with E-state index in [1.807, 2.05) is 0 Å². The maximum absolute atomic E-state index is 13.4. The molecule has 2 aromatic heterocycles. The number of nitrogens with zero attached hydrogens (tertiary/aromatic N) is 4. The van der Waals surface area contributed by atoms with Crippen LogP contribution in [0.2, 0.25) is 0 Å². The van der Waals surface area contributed by atoms with Gasteiger partial charge in [-0.1, -0.05) is 6.92 Å². The van der Waals surface area contributed by atoms with E-state index in [1.165, 1.54) is 31.5 Å². The fourth-order valence-corrected chi connectivity index (χ4v) is 2.34. The van der Waals surface area contributed by atoms with Gasteiger partial charge in [0.1, 0.15) is 5.75 Å². The van der Waals surface area contributed by atoms with Crippen LogP contribution >= 0.6 is 0 Å². The topological polar surface area (TPSA) is 81.9 Å². The van der Waals surface area contributed by atoms with Gasteiger partial charge in [-0.2, -0.15) is 13.2 Å². The Morgan fingerprint density at radius 3 is 2.62 bits per heavy atom. The summed E-state index contributed by atoms with van der Waals surface area (Å²) in [4.78, 5) is 23.0. The average molecular weight is 365 g/mol. The summed E-state index contributed by atoms with van der Waals surface area (Å²) in [5, 5.41) is 2.48. The molecule has 0 aliphatic heterocycles. The Hall–Kier alpha value is -3.17. The highest BCUT2D eigenvalue weighted by molar-refractivity contribution is 5.89. The molecule has 3 aromatic rings. The van der Waals surface area contributed by atoms with E-state index in [2.05, 4.69) is 20.3 Å². The van der Waals surface area contributed by atoms with Crippen LogP contribution in [0, 0.1) is 0 Å². The van der Waals surface area contributed by atoms with Crippen LogP contribution in [0.4, 0.5) is 19.0 Å². The van der Waals surface area contributed by atoms with Crippen LogP contribution in [0.25, 0.3) is 16.9 Å². The number of anilines is 1. The van der Waals surface area contributed by atoms with Crippen LogP contribution in [0.1, 0.15) is 19.2 Å². The number of carbonyl (C=O) groups is 1. The molecule has 136 valence electrons. The Kier molecular flexibility index (Phi) is 4.49. The SMILES string of the molecule is CCC(=O)Nc1cnc(-n2c(C(F)(F)F)nc3cc(OC)ccc32)cn1. The Labute approximate surface area is 145 Å². The van der Waals surface area contributed by atoms with Crippen molar-refractivity contribution in [3.63, 3.8) is 0 Å². The molecule has 0 unspecified atom stereocenters. The van der Waals surface area contributed by atoms with Crippen LogP contribution in [-0.2, 0) is 11.0 Å². The molecule has 1 amide bonds. The second-order valence-electron chi connectivity index (χ2n) is 5.28. The van der Waals surface area contributed by atoms with Crippen molar-refractivity contribution in [1.29, 1.82) is 0 Å². The van der Waals surface area contributed by atoms with Crippen molar-refractivity contribution >= 4 is 22.8 Å². The smallest absolute Gasteiger partial charge is 0.450 e. The monoisotopic (exact) mass is 365 g/mol. The Bertz CT molecular complexity index is 951. The number of benzene rings is 1. The maximum Gasteiger partial charge on any atom is 0.450 e. The molecule has 26 heavy (non-hydrogen) atoms. The first-order valence-electron chi connectivity index (χ1n) is 7.59. The normalized spacial score (nSPS) is 11.6. The van der Waals surface area contributed by atoms with Gasteiger partial charge in [0.25, 0.3) is 0 Å². The highest BCUT2D eigenvalue weighted by Crippen LogP contribution is 2.34. The summed E-state index contributed by atoms with van der Waals surface area (Å²) in [7, 11) is 1.41. The number of nitrogens with one attached hydrogen (secondary N) is 1. The molecule has 0 saturated carbocycles. The summed E-state index contributed by atoms with van der Waals surface area (Å²) in [5.41, 5.74) is 0.319. The standard InChI is InChI=1S/C16H14F3N5O2/c1-3-14(25)23-12-7-21-13(8-20-12)24-11-5-4-9(26-2)6-10(11)22-15(24)16(17,18)19/h4-8H,3H2,1-2H3,(H,20,23,25). The van der Waals surface area contributed by atoms with E-state index in [9.17, 15) is 18.0 Å². The minimum absolute atomic E-state index is 0.0699. The van der Waals surface area contributed by atoms with Gasteiger partial charge < -0.3 is 10.1 Å². The van der Waals surface area contributed by atoms with E-state index in [4.69, 9.17) is 4.74 Å². The van der Waals surface area contributed by atoms with Crippen molar-refractivity contribution in [3.8, 4) is 11.6 Å². The molecule has 0 saturated heterocycles. The fraction of sp³-hybridized carbons (Fsp3) is 0.250. The summed E-state index contributed by atoms with van der Waals surface area (Å²) in [6, 6.07) is 4.40. The van der Waals surface area contributed by atoms with E-state index in [-0.39, 0.29) is 35.0 Å². The lowest BCUT2D eigenvalue weighted by Gasteiger charge is -2.11. The summed E-state index contributed by atoms with van der Waals surface area (Å²) >= 11 is 0. The van der Waals surface area contributed by atoms with Crippen LogP contribution in [-0.4, -0.2) is 32.5 Å². The summed E-state index contributed by atoms with van der Waals surface area (Å²) in [6.45, 7) is 1.67. The second-order valence-corrected chi connectivity index (χ2v) is 5.28. The third-order valence-electron chi connectivity index (χ3n) is 3.57. The molecule has 3 rings (SSSR count). The van der Waals surface area contributed by atoms with Crippen LogP contribution in [0.5, 0.6) is 5.75 Å². The molecule has 0 spiro atoms. The lowest BCUT2D eigenvalue weighted by molar-refractivity contribution is -0.145. The molecule has 0 atom stereocenters. The Balaban J connectivity index is 2.12. The third-order valence-corrected chi connectivity index (χ3v) is 3.57.